The molecular weight excluding hydrogens is 1050 g/mol. The second-order valence-electron chi connectivity index (χ2n) is 29.4. The average Bonchev–Trinajstić information content (AvgIpc) is 1.36. The third-order valence-electron chi connectivity index (χ3n) is 28.8. The van der Waals surface area contributed by atoms with E-state index in [9.17, 15) is 0 Å². The Morgan fingerprint density at radius 1 is 0.259 bits per heavy atom. The summed E-state index contributed by atoms with van der Waals surface area (Å²) in [6, 6.07) is 34.6. The van der Waals surface area contributed by atoms with Crippen molar-refractivity contribution in [1.29, 1.82) is 0 Å². The van der Waals surface area contributed by atoms with Gasteiger partial charge in [-0.15, -0.1) is 0 Å². The molecule has 0 radical (unpaired) electrons. The number of carbonyl (C=O) groups excluding carboxylic acids is 1. The van der Waals surface area contributed by atoms with Crippen LogP contribution >= 0.6 is 6.89 Å². The molecule has 1 saturated carbocycles. The van der Waals surface area contributed by atoms with Crippen molar-refractivity contribution < 1.29 is 9.53 Å². The molecular formula is C82H19O2P. The first-order valence-corrected chi connectivity index (χ1v) is 32.9. The van der Waals surface area contributed by atoms with Crippen LogP contribution in [0.15, 0.2) is 91.0 Å². The molecule has 85 heavy (non-hydrogen) atoms. The second-order valence-corrected chi connectivity index (χ2v) is 32.7. The van der Waals surface area contributed by atoms with E-state index in [1.54, 1.807) is 212 Å². The quantitative estimate of drug-likeness (QED) is 0.0975. The molecule has 0 saturated heterocycles. The van der Waals surface area contributed by atoms with Crippen molar-refractivity contribution in [3.63, 3.8) is 0 Å². The summed E-state index contributed by atoms with van der Waals surface area (Å²) in [6.45, 7) is -2.92. The summed E-state index contributed by atoms with van der Waals surface area (Å²) in [5.41, 5.74) is 3.17. The highest BCUT2D eigenvalue weighted by molar-refractivity contribution is 7.94. The highest BCUT2D eigenvalue weighted by atomic mass is 31.2. The maximum absolute atomic E-state index is 17.9. The fraction of sp³-hybridized carbons (Fsp3) is 0.0488. The van der Waals surface area contributed by atoms with Crippen molar-refractivity contribution in [3.8, 4) is 0 Å². The van der Waals surface area contributed by atoms with E-state index in [4.69, 9.17) is 4.74 Å². The molecule has 0 aliphatic heterocycles. The van der Waals surface area contributed by atoms with Gasteiger partial charge < -0.3 is 4.74 Å². The van der Waals surface area contributed by atoms with E-state index >= 15 is 4.79 Å². The van der Waals surface area contributed by atoms with Crippen LogP contribution in [0, 0.1) is 5.41 Å². The normalized spacial score (nSPS) is 22.1. The molecule has 1 fully saturated rings. The van der Waals surface area contributed by atoms with Gasteiger partial charge in [0, 0.05) is 0 Å². The van der Waals surface area contributed by atoms with Gasteiger partial charge >= 0.3 is 5.97 Å². The number of methoxy groups -OCH3 is 1. The standard InChI is InChI=1S/C82H19O2P/c1-84-79(83)80(17-85(18-11-5-2-6-12-18,19-13-7-3-8-14-19)20-15-9-4-10-16-20)81-75-67-59-49-39-31-23-21-22-25-29-27(23)35-43-37(29)47-41-33(25)34-26(22)30-28-24(21)32(31)40-46-36(28)44-38(30)48-42(34)52-51(41)61-55(47)65-57(43)63(53(59)45(35)39)71(75)73(65)77-69(61)70-62(52)56(48)66-58(44)64-54(46)60(50(40)49)68(67)76(81)72(64)74(66)78(70)82(77,80)81/h2-17H,1H3. The van der Waals surface area contributed by atoms with Gasteiger partial charge in [-0.1, -0.05) is 96.8 Å². The number of carbonyl (C=O) groups is 1. The third kappa shape index (κ3) is 2.02. The lowest BCUT2D eigenvalue weighted by Gasteiger charge is -2.32. The lowest BCUT2D eigenvalue weighted by atomic mass is 9.68. The van der Waals surface area contributed by atoms with Crippen LogP contribution in [0.2, 0.25) is 0 Å². The Morgan fingerprint density at radius 3 is 0.565 bits per heavy atom. The second kappa shape index (κ2) is 8.35. The van der Waals surface area contributed by atoms with Gasteiger partial charge in [0.05, 0.1) is 17.9 Å². The van der Waals surface area contributed by atoms with Gasteiger partial charge in [0.25, 0.3) is 0 Å². The molecule has 0 N–H and O–H groups in total. The van der Waals surface area contributed by atoms with Gasteiger partial charge in [0.2, 0.25) is 0 Å². The van der Waals surface area contributed by atoms with Gasteiger partial charge in [-0.25, -0.2) is 0 Å². The zero-order valence-corrected chi connectivity index (χ0v) is 44.9. The van der Waals surface area contributed by atoms with Crippen LogP contribution in [-0.2, 0) is 20.4 Å². The monoisotopic (exact) mass is 1070 g/mol. The number of esters is 1. The van der Waals surface area contributed by atoms with Gasteiger partial charge in [-0.3, -0.25) is 4.79 Å². The van der Waals surface area contributed by atoms with Crippen molar-refractivity contribution in [1.82, 2.24) is 0 Å². The first-order chi connectivity index (χ1) is 42.2. The minimum atomic E-state index is -2.92. The Morgan fingerprint density at radius 2 is 0.412 bits per heavy atom. The molecule has 0 aromatic heterocycles. The summed E-state index contributed by atoms with van der Waals surface area (Å²) in [5.74, 6) is 2.78. The number of hydrogen-bond acceptors (Lipinski definition) is 2. The minimum absolute atomic E-state index is 0.0605. The molecule has 2 spiro atoms. The minimum Gasteiger partial charge on any atom is -0.468 e. The molecule has 0 unspecified atom stereocenters. The lowest BCUT2D eigenvalue weighted by Crippen LogP contribution is -2.36. The van der Waals surface area contributed by atoms with E-state index in [-0.39, 0.29) is 5.97 Å². The molecule has 36 rings (SSSR count). The smallest absolute Gasteiger partial charge is 0.318 e. The molecule has 0 bridgehead atoms. The van der Waals surface area contributed by atoms with E-state index in [1.165, 1.54) is 124 Å². The van der Waals surface area contributed by atoms with Gasteiger partial charge in [0.15, 0.2) is 0 Å². The molecule has 5 aliphatic rings. The molecule has 31 aromatic rings. The molecule has 3 heteroatoms. The molecule has 0 heterocycles. The Bertz CT molecular complexity index is 7770. The van der Waals surface area contributed by atoms with Crippen LogP contribution < -0.4 is 15.9 Å². The third-order valence-corrected chi connectivity index (χ3v) is 32.9. The summed E-state index contributed by atoms with van der Waals surface area (Å²) in [5, 5.41) is 88.1. The maximum atomic E-state index is 17.9. The summed E-state index contributed by atoms with van der Waals surface area (Å²) in [6.07, 6.45) is 0. The Balaban J connectivity index is 1.02. The molecule has 364 valence electrons. The Kier molecular flexibility index (Phi) is 3.39. The highest BCUT2D eigenvalue weighted by Crippen LogP contribution is 2.96. The van der Waals surface area contributed by atoms with Crippen LogP contribution in [-0.4, -0.2) is 18.9 Å². The number of ether oxygens (including phenoxy) is 1. The van der Waals surface area contributed by atoms with Crippen LogP contribution in [0.4, 0.5) is 0 Å². The molecule has 2 nitrogen and oxygen atoms in total. The van der Waals surface area contributed by atoms with Crippen molar-refractivity contribution in [2.75, 3.05) is 7.11 Å². The van der Waals surface area contributed by atoms with E-state index in [1.807, 2.05) is 0 Å². The lowest BCUT2D eigenvalue weighted by molar-refractivity contribution is -0.145. The summed E-state index contributed by atoms with van der Waals surface area (Å²) < 4.78 is 7.02. The van der Waals surface area contributed by atoms with Gasteiger partial charge in [-0.2, -0.15) is 0 Å². The first-order valence-electron chi connectivity index (χ1n) is 31.0. The topological polar surface area (TPSA) is 26.3 Å². The SMILES string of the molecule is COC(=O)C1(C=P(c2ccccc2)(c2ccccc2)c2ccccc2)C23c4c5c6c7c8c9c(c%10c%11c2c2c4c4c%12c5c5c6c6c8c8c%13c9c9c%10c%10c%11c%11c2c2c4c4c%12c%12c5c5c6c8c6c8c%13c9c9c%10c%10c%11c2c2c4c4c%12c5c6c5c8c9c%10c2c45)C713. The van der Waals surface area contributed by atoms with Crippen LogP contribution in [0.1, 0.15) is 22.3 Å². The van der Waals surface area contributed by atoms with E-state index < -0.39 is 23.1 Å². The van der Waals surface area contributed by atoms with Crippen molar-refractivity contribution in [2.45, 2.75) is 10.8 Å². The predicted octanol–water partition coefficient (Wildman–Crippen LogP) is 19.3. The zero-order chi connectivity index (χ0) is 51.8. The zero-order valence-electron chi connectivity index (χ0n) is 44.0. The van der Waals surface area contributed by atoms with E-state index in [0.717, 1.165) is 0 Å². The molecule has 31 aromatic carbocycles. The fourth-order valence-electron chi connectivity index (χ4n) is 28.3. The van der Waals surface area contributed by atoms with Crippen molar-refractivity contribution in [3.05, 3.63) is 113 Å². The largest absolute Gasteiger partial charge is 0.468 e. The first kappa shape index (κ1) is 34.5. The van der Waals surface area contributed by atoms with Crippen molar-refractivity contribution in [2.24, 2.45) is 5.41 Å². The van der Waals surface area contributed by atoms with Crippen LogP contribution in [0.5, 0.6) is 0 Å². The van der Waals surface area contributed by atoms with Gasteiger partial charge in [-0.05, 0) is 336 Å². The maximum Gasteiger partial charge on any atom is 0.318 e. The summed E-state index contributed by atoms with van der Waals surface area (Å²) in [7, 11) is 1.76. The number of benzene rings is 21. The molecule has 5 aliphatic carbocycles. The predicted molar refractivity (Wildman–Crippen MR) is 360 cm³/mol. The molecule has 0 atom stereocenters. The van der Waals surface area contributed by atoms with E-state index in [0.29, 0.717) is 0 Å². The Labute approximate surface area is 468 Å². The van der Waals surface area contributed by atoms with Crippen molar-refractivity contribution >= 4 is 325 Å². The average molecular weight is 1070 g/mol. The molecule has 0 amide bonds. The van der Waals surface area contributed by atoms with Crippen LogP contribution in [0.3, 0.4) is 0 Å². The number of rotatable bonds is 5. The van der Waals surface area contributed by atoms with Gasteiger partial charge in [0.1, 0.15) is 5.41 Å². The fourth-order valence-corrected chi connectivity index (χ4v) is 32.6. The summed E-state index contributed by atoms with van der Waals surface area (Å²) in [4.78, 5) is 17.9. The van der Waals surface area contributed by atoms with Crippen LogP contribution in [0.25, 0.3) is 291 Å². The van der Waals surface area contributed by atoms with E-state index in [2.05, 4.69) is 96.8 Å². The highest BCUT2D eigenvalue weighted by Gasteiger charge is 2.97. The number of hydrogen-bond donors (Lipinski definition) is 0. The summed E-state index contributed by atoms with van der Waals surface area (Å²) >= 11 is 0. The Hall–Kier alpha value is -10.1.